The fraction of sp³-hybridized carbons (Fsp3) is 0.758. The number of hydrogen-bond donors (Lipinski definition) is 2. The number of halogens is 3. The quantitative estimate of drug-likeness (QED) is 0.335. The summed E-state index contributed by atoms with van der Waals surface area (Å²) in [4.78, 5) is 30.4. The molecule has 0 radical (unpaired) electrons. The zero-order valence-corrected chi connectivity index (χ0v) is 26.8. The van der Waals surface area contributed by atoms with Gasteiger partial charge in [-0.1, -0.05) is 26.2 Å². The van der Waals surface area contributed by atoms with E-state index in [2.05, 4.69) is 24.2 Å². The highest BCUT2D eigenvalue weighted by atomic mass is 19.4. The standard InChI is InChI=1S/C33H52F3N3O5/c1-23-19-39(24(2)22-40)32(42)28-18-27(37-31(41)15-16-33(34,35)36)13-14-29(28)44-25(3)10-8-9-17-43-30(23)21-38(4)20-26-11-6-5-7-12-26/h13-14,18,23-26,30,40H,5-12,15-17,19-22H2,1-4H3,(H,37,41)/t23-,24+,25+,30+/m0/s1. The van der Waals surface area contributed by atoms with E-state index in [1.807, 2.05) is 6.92 Å². The summed E-state index contributed by atoms with van der Waals surface area (Å²) in [5.41, 5.74) is 0.388. The molecule has 0 unspecified atom stereocenters. The minimum absolute atomic E-state index is 0.0572. The number of anilines is 1. The van der Waals surface area contributed by atoms with Gasteiger partial charge in [-0.05, 0) is 77.1 Å². The summed E-state index contributed by atoms with van der Waals surface area (Å²) in [6.07, 6.45) is 2.15. The van der Waals surface area contributed by atoms with E-state index < -0.39 is 36.9 Å². The van der Waals surface area contributed by atoms with E-state index in [1.165, 1.54) is 44.2 Å². The first-order chi connectivity index (χ1) is 20.9. The van der Waals surface area contributed by atoms with Crippen molar-refractivity contribution in [1.82, 2.24) is 9.80 Å². The van der Waals surface area contributed by atoms with Gasteiger partial charge in [-0.15, -0.1) is 0 Å². The number of alkyl halides is 3. The van der Waals surface area contributed by atoms with Crippen molar-refractivity contribution in [1.29, 1.82) is 0 Å². The van der Waals surface area contributed by atoms with Gasteiger partial charge in [0.2, 0.25) is 5.91 Å². The first kappa shape index (κ1) is 36.1. The van der Waals surface area contributed by atoms with Gasteiger partial charge in [0, 0.05) is 44.3 Å². The molecule has 1 fully saturated rings. The van der Waals surface area contributed by atoms with Crippen LogP contribution in [0.5, 0.6) is 5.75 Å². The van der Waals surface area contributed by atoms with Crippen molar-refractivity contribution in [3.05, 3.63) is 23.8 Å². The van der Waals surface area contributed by atoms with Gasteiger partial charge in [0.25, 0.3) is 5.91 Å². The molecule has 1 aromatic carbocycles. The first-order valence-electron chi connectivity index (χ1n) is 16.3. The molecule has 44 heavy (non-hydrogen) atoms. The van der Waals surface area contributed by atoms with Gasteiger partial charge >= 0.3 is 6.18 Å². The molecule has 1 aliphatic heterocycles. The minimum atomic E-state index is -4.45. The van der Waals surface area contributed by atoms with Crippen LogP contribution < -0.4 is 10.1 Å². The lowest BCUT2D eigenvalue weighted by Crippen LogP contribution is -2.47. The van der Waals surface area contributed by atoms with E-state index in [0.29, 0.717) is 24.8 Å². The summed E-state index contributed by atoms with van der Waals surface area (Å²) in [7, 11) is 2.13. The number of likely N-dealkylation sites (N-methyl/N-ethyl adjacent to an activating group) is 1. The molecule has 11 heteroatoms. The van der Waals surface area contributed by atoms with Crippen LogP contribution in [-0.2, 0) is 9.53 Å². The molecule has 2 aliphatic rings. The van der Waals surface area contributed by atoms with Crippen LogP contribution in [0.4, 0.5) is 18.9 Å². The molecule has 1 heterocycles. The molecule has 0 spiro atoms. The third-order valence-corrected chi connectivity index (χ3v) is 8.76. The van der Waals surface area contributed by atoms with Gasteiger partial charge in [-0.3, -0.25) is 9.59 Å². The van der Waals surface area contributed by atoms with E-state index in [0.717, 1.165) is 32.4 Å². The number of aliphatic hydroxyl groups excluding tert-OH is 1. The normalized spacial score (nSPS) is 23.9. The van der Waals surface area contributed by atoms with Crippen molar-refractivity contribution < 1.29 is 37.3 Å². The van der Waals surface area contributed by atoms with Crippen LogP contribution in [0.15, 0.2) is 18.2 Å². The largest absolute Gasteiger partial charge is 0.490 e. The maximum absolute atomic E-state index is 14.2. The van der Waals surface area contributed by atoms with Crippen molar-refractivity contribution in [3.63, 3.8) is 0 Å². The molecule has 0 bridgehead atoms. The Morgan fingerprint density at radius 2 is 1.82 bits per heavy atom. The zero-order valence-electron chi connectivity index (χ0n) is 26.8. The Morgan fingerprint density at radius 3 is 2.50 bits per heavy atom. The van der Waals surface area contributed by atoms with Gasteiger partial charge in [0.15, 0.2) is 0 Å². The van der Waals surface area contributed by atoms with Crippen LogP contribution in [-0.4, -0.2) is 91.0 Å². The maximum atomic E-state index is 14.2. The van der Waals surface area contributed by atoms with Crippen molar-refractivity contribution in [2.45, 2.75) is 109 Å². The van der Waals surface area contributed by atoms with E-state index in [9.17, 15) is 27.9 Å². The third kappa shape index (κ3) is 11.9. The molecule has 2 N–H and O–H groups in total. The highest BCUT2D eigenvalue weighted by Crippen LogP contribution is 2.30. The Hall–Kier alpha value is -2.37. The Balaban J connectivity index is 1.86. The number of nitrogens with one attached hydrogen (secondary N) is 1. The number of amides is 2. The molecular formula is C33H52F3N3O5. The topological polar surface area (TPSA) is 91.3 Å². The van der Waals surface area contributed by atoms with Crippen LogP contribution in [0, 0.1) is 11.8 Å². The third-order valence-electron chi connectivity index (χ3n) is 8.76. The fourth-order valence-corrected chi connectivity index (χ4v) is 6.13. The number of carbonyl (C=O) groups is 2. The molecule has 1 saturated carbocycles. The summed E-state index contributed by atoms with van der Waals surface area (Å²) < 4.78 is 50.6. The molecule has 1 aromatic rings. The van der Waals surface area contributed by atoms with Gasteiger partial charge < -0.3 is 29.7 Å². The smallest absolute Gasteiger partial charge is 0.389 e. The highest BCUT2D eigenvalue weighted by molar-refractivity contribution is 5.99. The van der Waals surface area contributed by atoms with E-state index in [4.69, 9.17) is 9.47 Å². The molecule has 250 valence electrons. The van der Waals surface area contributed by atoms with E-state index in [-0.39, 0.29) is 36.0 Å². The van der Waals surface area contributed by atoms with Crippen molar-refractivity contribution in [3.8, 4) is 5.75 Å². The molecule has 0 saturated heterocycles. The monoisotopic (exact) mass is 627 g/mol. The molecule has 2 amide bonds. The minimum Gasteiger partial charge on any atom is -0.490 e. The summed E-state index contributed by atoms with van der Waals surface area (Å²) in [6, 6.07) is 4.04. The number of rotatable bonds is 9. The second kappa shape index (κ2) is 17.4. The summed E-state index contributed by atoms with van der Waals surface area (Å²) in [6.45, 7) is 8.17. The van der Waals surface area contributed by atoms with Crippen LogP contribution in [0.1, 0.15) is 95.3 Å². The van der Waals surface area contributed by atoms with Crippen LogP contribution in [0.3, 0.4) is 0 Å². The Labute approximate surface area is 260 Å². The SMILES string of the molecule is C[C@@H]1CCCCO[C@H](CN(C)CC2CCCCC2)[C@@H](C)CN([C@H](C)CO)C(=O)c2cc(NC(=O)CCC(F)(F)F)ccc2O1. The highest BCUT2D eigenvalue weighted by Gasteiger charge is 2.31. The lowest BCUT2D eigenvalue weighted by Gasteiger charge is -2.36. The number of hydrogen-bond acceptors (Lipinski definition) is 6. The number of nitrogens with zero attached hydrogens (tertiary/aromatic N) is 2. The summed E-state index contributed by atoms with van der Waals surface area (Å²) >= 11 is 0. The van der Waals surface area contributed by atoms with Crippen molar-refractivity contribution in [2.24, 2.45) is 11.8 Å². The average molecular weight is 628 g/mol. The number of aliphatic hydroxyl groups is 1. The molecule has 1 aliphatic carbocycles. The van der Waals surface area contributed by atoms with Gasteiger partial charge in [0.1, 0.15) is 5.75 Å². The molecule has 4 atom stereocenters. The fourth-order valence-electron chi connectivity index (χ4n) is 6.13. The number of ether oxygens (including phenoxy) is 2. The van der Waals surface area contributed by atoms with Gasteiger partial charge in [0.05, 0.1) is 36.8 Å². The lowest BCUT2D eigenvalue weighted by molar-refractivity contribution is -0.142. The predicted molar refractivity (Wildman–Crippen MR) is 165 cm³/mol. The number of fused-ring (bicyclic) bond motifs is 1. The second-order valence-corrected chi connectivity index (χ2v) is 12.9. The summed E-state index contributed by atoms with van der Waals surface area (Å²) in [5, 5.41) is 12.6. The van der Waals surface area contributed by atoms with Crippen molar-refractivity contribution in [2.75, 3.05) is 45.2 Å². The average Bonchev–Trinajstić information content (AvgIpc) is 2.97. The number of benzene rings is 1. The molecule has 3 rings (SSSR count). The Morgan fingerprint density at radius 1 is 1.11 bits per heavy atom. The second-order valence-electron chi connectivity index (χ2n) is 12.9. The lowest BCUT2D eigenvalue weighted by atomic mass is 9.89. The molecular weight excluding hydrogens is 575 g/mol. The predicted octanol–water partition coefficient (Wildman–Crippen LogP) is 6.28. The van der Waals surface area contributed by atoms with Crippen LogP contribution >= 0.6 is 0 Å². The van der Waals surface area contributed by atoms with Gasteiger partial charge in [-0.25, -0.2) is 0 Å². The van der Waals surface area contributed by atoms with E-state index in [1.54, 1.807) is 17.9 Å². The number of carbonyl (C=O) groups excluding carboxylic acids is 2. The first-order valence-corrected chi connectivity index (χ1v) is 16.3. The van der Waals surface area contributed by atoms with E-state index >= 15 is 0 Å². The molecule has 8 nitrogen and oxygen atoms in total. The van der Waals surface area contributed by atoms with Crippen LogP contribution in [0.2, 0.25) is 0 Å². The summed E-state index contributed by atoms with van der Waals surface area (Å²) in [5.74, 6) is -0.222. The zero-order chi connectivity index (χ0) is 32.3. The Kier molecular flexibility index (Phi) is 14.2. The molecule has 0 aromatic heterocycles. The van der Waals surface area contributed by atoms with Gasteiger partial charge in [-0.2, -0.15) is 13.2 Å². The van der Waals surface area contributed by atoms with Crippen molar-refractivity contribution >= 4 is 17.5 Å². The maximum Gasteiger partial charge on any atom is 0.389 e. The van der Waals surface area contributed by atoms with Crippen LogP contribution in [0.25, 0.3) is 0 Å². The Bertz CT molecular complexity index is 1050.